The fourth-order valence-electron chi connectivity index (χ4n) is 3.25. The van der Waals surface area contributed by atoms with Crippen LogP contribution in [0.2, 0.25) is 0 Å². The Labute approximate surface area is 174 Å². The molecule has 1 aromatic rings. The van der Waals surface area contributed by atoms with E-state index < -0.39 is 29.1 Å². The molecule has 1 aliphatic heterocycles. The van der Waals surface area contributed by atoms with Gasteiger partial charge in [-0.15, -0.1) is 11.3 Å². The molecule has 3 rings (SSSR count). The van der Waals surface area contributed by atoms with Crippen LogP contribution in [0, 0.1) is 18.3 Å². The zero-order chi connectivity index (χ0) is 21.6. The molecule has 1 aliphatic carbocycles. The molecule has 8 heteroatoms. The van der Waals surface area contributed by atoms with Gasteiger partial charge in [0.25, 0.3) is 0 Å². The summed E-state index contributed by atoms with van der Waals surface area (Å²) in [5.74, 6) is -4.22. The zero-order valence-electron chi connectivity index (χ0n) is 16.8. The van der Waals surface area contributed by atoms with Gasteiger partial charge in [-0.1, -0.05) is 25.2 Å². The average molecular weight is 422 g/mol. The second-order valence-corrected chi connectivity index (χ2v) is 8.18. The van der Waals surface area contributed by atoms with Gasteiger partial charge in [0.2, 0.25) is 0 Å². The highest BCUT2D eigenvalue weighted by atomic mass is 32.1. The number of hydrogen-bond acceptors (Lipinski definition) is 6. The number of hydrogen-bond donors (Lipinski definition) is 3. The van der Waals surface area contributed by atoms with E-state index in [0.717, 1.165) is 31.7 Å². The first-order chi connectivity index (χ1) is 13.7. The Kier molecular flexibility index (Phi) is 7.89. The minimum atomic E-state index is -1.57. The molecule has 3 atom stereocenters. The van der Waals surface area contributed by atoms with Crippen LogP contribution in [0.5, 0.6) is 0 Å². The molecule has 7 nitrogen and oxygen atoms in total. The Morgan fingerprint density at radius 1 is 1.34 bits per heavy atom. The van der Waals surface area contributed by atoms with Gasteiger partial charge >= 0.3 is 11.9 Å². The van der Waals surface area contributed by atoms with Crippen LogP contribution in [0.25, 0.3) is 0 Å². The molecule has 1 fully saturated rings. The van der Waals surface area contributed by atoms with Crippen molar-refractivity contribution in [3.05, 3.63) is 45.7 Å². The quantitative estimate of drug-likeness (QED) is 0.627. The van der Waals surface area contributed by atoms with Gasteiger partial charge in [0.1, 0.15) is 0 Å². The van der Waals surface area contributed by atoms with Gasteiger partial charge in [-0.2, -0.15) is 0 Å². The van der Waals surface area contributed by atoms with E-state index in [1.807, 2.05) is 6.92 Å². The minimum absolute atomic E-state index is 0.196. The number of ether oxygens (including phenoxy) is 1. The fourth-order valence-corrected chi connectivity index (χ4v) is 4.12. The van der Waals surface area contributed by atoms with Crippen LogP contribution in [0.3, 0.4) is 0 Å². The third-order valence-electron chi connectivity index (χ3n) is 5.03. The number of carboxylic acids is 2. The van der Waals surface area contributed by atoms with E-state index >= 15 is 0 Å². The van der Waals surface area contributed by atoms with Gasteiger partial charge in [-0.3, -0.25) is 9.59 Å². The van der Waals surface area contributed by atoms with Gasteiger partial charge in [0, 0.05) is 18.7 Å². The van der Waals surface area contributed by atoms with Crippen molar-refractivity contribution in [2.45, 2.75) is 33.3 Å². The summed E-state index contributed by atoms with van der Waals surface area (Å²) < 4.78 is 5.36. The van der Waals surface area contributed by atoms with E-state index in [-0.39, 0.29) is 5.57 Å². The average Bonchev–Trinajstić information content (AvgIpc) is 3.14. The number of ketones is 1. The lowest BCUT2D eigenvalue weighted by Crippen LogP contribution is -2.42. The molecule has 3 N–H and O–H groups in total. The first kappa shape index (κ1) is 23.0. The summed E-state index contributed by atoms with van der Waals surface area (Å²) in [5, 5.41) is 23.8. The highest BCUT2D eigenvalue weighted by Gasteiger charge is 2.49. The fraction of sp³-hybridized carbons (Fsp3) is 0.476. The van der Waals surface area contributed by atoms with Crippen LogP contribution < -0.4 is 5.32 Å². The number of thiophene rings is 1. The molecule has 1 saturated heterocycles. The highest BCUT2D eigenvalue weighted by Crippen LogP contribution is 2.41. The third-order valence-corrected chi connectivity index (χ3v) is 6.09. The summed E-state index contributed by atoms with van der Waals surface area (Å²) in [6.45, 7) is 8.28. The van der Waals surface area contributed by atoms with Gasteiger partial charge in [-0.25, -0.2) is 4.79 Å². The standard InChI is InChI=1S/C15H14O5S.C6H13NO/c1-8-6-10(21-7-8)12(16)11-9(13(17)18)4-3-5-15(11,2)14(19)20;1-2-6-5-7-3-4-8-6/h3-7,11H,1-2H3,(H,17,18)(H,19,20);6-7H,2-5H2,1H3. The van der Waals surface area contributed by atoms with Crippen LogP contribution in [0.1, 0.15) is 35.5 Å². The summed E-state index contributed by atoms with van der Waals surface area (Å²) in [6.07, 6.45) is 5.64. The number of carbonyl (C=O) groups is 3. The Morgan fingerprint density at radius 3 is 2.52 bits per heavy atom. The number of allylic oxidation sites excluding steroid dienone is 2. The summed E-state index contributed by atoms with van der Waals surface area (Å²) in [4.78, 5) is 36.0. The first-order valence-corrected chi connectivity index (χ1v) is 10.4. The Hall–Kier alpha value is -2.29. The molecule has 2 heterocycles. The van der Waals surface area contributed by atoms with Crippen LogP contribution >= 0.6 is 11.3 Å². The monoisotopic (exact) mass is 421 g/mol. The maximum absolute atomic E-state index is 12.7. The van der Waals surface area contributed by atoms with E-state index in [0.29, 0.717) is 11.0 Å². The molecule has 0 amide bonds. The third kappa shape index (κ3) is 5.41. The molecule has 1 aromatic heterocycles. The lowest BCUT2D eigenvalue weighted by atomic mass is 9.68. The summed E-state index contributed by atoms with van der Waals surface area (Å²) in [5.41, 5.74) is -0.886. The Bertz CT molecular complexity index is 821. The van der Waals surface area contributed by atoms with Crippen molar-refractivity contribution < 1.29 is 29.3 Å². The number of nitrogens with one attached hydrogen (secondary N) is 1. The van der Waals surface area contributed by atoms with Crippen molar-refractivity contribution in [1.29, 1.82) is 0 Å². The SMILES string of the molecule is CCC1CNCCO1.Cc1csc(C(=O)C2C(C(=O)O)=CC=CC2(C)C(=O)O)c1. The molecule has 2 aliphatic rings. The van der Waals surface area contributed by atoms with Gasteiger partial charge in [0.15, 0.2) is 5.78 Å². The predicted molar refractivity (Wildman–Crippen MR) is 110 cm³/mol. The van der Waals surface area contributed by atoms with E-state index in [1.165, 1.54) is 36.5 Å². The second-order valence-electron chi connectivity index (χ2n) is 7.26. The van der Waals surface area contributed by atoms with Crippen molar-refractivity contribution in [2.75, 3.05) is 19.7 Å². The molecule has 0 spiro atoms. The van der Waals surface area contributed by atoms with Crippen LogP contribution in [0.15, 0.2) is 35.2 Å². The maximum atomic E-state index is 12.7. The molecule has 0 aromatic carbocycles. The molecule has 3 unspecified atom stereocenters. The molecule has 29 heavy (non-hydrogen) atoms. The van der Waals surface area contributed by atoms with Crippen molar-refractivity contribution in [3.63, 3.8) is 0 Å². The number of carbonyl (C=O) groups excluding carboxylic acids is 1. The van der Waals surface area contributed by atoms with Crippen molar-refractivity contribution >= 4 is 29.1 Å². The number of morpholine rings is 1. The molecular formula is C21H27NO6S. The lowest BCUT2D eigenvalue weighted by molar-refractivity contribution is -0.147. The van der Waals surface area contributed by atoms with Gasteiger partial charge in [-0.05, 0) is 37.3 Å². The van der Waals surface area contributed by atoms with Crippen molar-refractivity contribution in [3.8, 4) is 0 Å². The number of rotatable bonds is 5. The van der Waals surface area contributed by atoms with Gasteiger partial charge < -0.3 is 20.3 Å². The van der Waals surface area contributed by atoms with Crippen molar-refractivity contribution in [2.24, 2.45) is 11.3 Å². The zero-order valence-corrected chi connectivity index (χ0v) is 17.6. The maximum Gasteiger partial charge on any atom is 0.332 e. The summed E-state index contributed by atoms with van der Waals surface area (Å²) in [7, 11) is 0. The normalized spacial score (nSPS) is 26.1. The summed E-state index contributed by atoms with van der Waals surface area (Å²) in [6, 6.07) is 1.65. The largest absolute Gasteiger partial charge is 0.481 e. The van der Waals surface area contributed by atoms with Crippen LogP contribution in [-0.4, -0.2) is 53.7 Å². The van der Waals surface area contributed by atoms with E-state index in [1.54, 1.807) is 11.4 Å². The minimum Gasteiger partial charge on any atom is -0.481 e. The lowest BCUT2D eigenvalue weighted by Gasteiger charge is -2.32. The van der Waals surface area contributed by atoms with Crippen LogP contribution in [0.4, 0.5) is 0 Å². The summed E-state index contributed by atoms with van der Waals surface area (Å²) >= 11 is 1.19. The molecule has 0 saturated carbocycles. The molecule has 0 bridgehead atoms. The highest BCUT2D eigenvalue weighted by molar-refractivity contribution is 7.12. The van der Waals surface area contributed by atoms with Crippen LogP contribution in [-0.2, 0) is 14.3 Å². The molecule has 0 radical (unpaired) electrons. The Balaban J connectivity index is 0.000000313. The molecule has 158 valence electrons. The topological polar surface area (TPSA) is 113 Å². The van der Waals surface area contributed by atoms with E-state index in [2.05, 4.69) is 12.2 Å². The number of aryl methyl sites for hydroxylation is 1. The van der Waals surface area contributed by atoms with E-state index in [4.69, 9.17) is 4.74 Å². The smallest absolute Gasteiger partial charge is 0.332 e. The van der Waals surface area contributed by atoms with Crippen molar-refractivity contribution in [1.82, 2.24) is 5.32 Å². The predicted octanol–water partition coefficient (Wildman–Crippen LogP) is 2.91. The number of aliphatic carboxylic acids is 2. The number of Topliss-reactive ketones (excluding diaryl/α,β-unsaturated/α-hetero) is 1. The van der Waals surface area contributed by atoms with Gasteiger partial charge in [0.05, 0.1) is 28.9 Å². The first-order valence-electron chi connectivity index (χ1n) is 9.48. The second kappa shape index (κ2) is 9.96. The number of carboxylic acid groups (broad SMARTS) is 2. The van der Waals surface area contributed by atoms with E-state index in [9.17, 15) is 24.6 Å². The molecular weight excluding hydrogens is 394 g/mol. The Morgan fingerprint density at radius 2 is 2.07 bits per heavy atom.